The number of methoxy groups -OCH3 is 1. The summed E-state index contributed by atoms with van der Waals surface area (Å²) >= 11 is 12.3. The zero-order valence-corrected chi connectivity index (χ0v) is 22.7. The number of halogens is 2. The first kappa shape index (κ1) is 28.7. The highest BCUT2D eigenvalue weighted by molar-refractivity contribution is 7.92. The Hall–Kier alpha value is -2.49. The molecule has 0 unspecified atom stereocenters. The fourth-order valence-electron chi connectivity index (χ4n) is 3.25. The normalized spacial score (nSPS) is 13.0. The van der Waals surface area contributed by atoms with E-state index in [0.29, 0.717) is 5.75 Å². The van der Waals surface area contributed by atoms with Crippen molar-refractivity contribution in [2.75, 3.05) is 24.2 Å². The molecule has 11 heteroatoms. The van der Waals surface area contributed by atoms with Crippen LogP contribution < -0.4 is 14.4 Å². The van der Waals surface area contributed by atoms with Crippen molar-refractivity contribution < 1.29 is 22.7 Å². The van der Waals surface area contributed by atoms with E-state index in [9.17, 15) is 18.0 Å². The first-order chi connectivity index (χ1) is 16.4. The minimum atomic E-state index is -3.91. The summed E-state index contributed by atoms with van der Waals surface area (Å²) in [5, 5.41) is 3.27. The lowest BCUT2D eigenvalue weighted by Crippen LogP contribution is -2.52. The molecule has 2 aromatic carbocycles. The van der Waals surface area contributed by atoms with Gasteiger partial charge in [0, 0.05) is 17.6 Å². The lowest BCUT2D eigenvalue weighted by molar-refractivity contribution is -0.139. The number of nitrogens with one attached hydrogen (secondary N) is 1. The van der Waals surface area contributed by atoms with Crippen LogP contribution in [0, 0.1) is 0 Å². The number of ether oxygens (including phenoxy) is 1. The number of amides is 2. The van der Waals surface area contributed by atoms with Crippen molar-refractivity contribution in [1.82, 2.24) is 10.2 Å². The van der Waals surface area contributed by atoms with Crippen LogP contribution in [0.5, 0.6) is 5.75 Å². The molecule has 35 heavy (non-hydrogen) atoms. The highest BCUT2D eigenvalue weighted by Crippen LogP contribution is 2.31. The van der Waals surface area contributed by atoms with Crippen LogP contribution >= 0.6 is 23.2 Å². The van der Waals surface area contributed by atoms with Crippen molar-refractivity contribution in [3.05, 3.63) is 58.1 Å². The number of hydrogen-bond acceptors (Lipinski definition) is 5. The van der Waals surface area contributed by atoms with Gasteiger partial charge in [0.25, 0.3) is 0 Å². The van der Waals surface area contributed by atoms with Crippen LogP contribution in [0.25, 0.3) is 0 Å². The summed E-state index contributed by atoms with van der Waals surface area (Å²) in [5.74, 6) is -0.268. The summed E-state index contributed by atoms with van der Waals surface area (Å²) in [6, 6.07) is 10.5. The number of carbonyl (C=O) groups excluding carboxylic acids is 2. The van der Waals surface area contributed by atoms with E-state index >= 15 is 0 Å². The number of nitrogens with zero attached hydrogens (tertiary/aromatic N) is 2. The van der Waals surface area contributed by atoms with Crippen molar-refractivity contribution in [3.63, 3.8) is 0 Å². The van der Waals surface area contributed by atoms with Crippen molar-refractivity contribution in [2.24, 2.45) is 0 Å². The number of hydrogen-bond donors (Lipinski definition) is 1. The lowest BCUT2D eigenvalue weighted by Gasteiger charge is -2.32. The summed E-state index contributed by atoms with van der Waals surface area (Å²) in [5.41, 5.74) is 0.824. The SMILES string of the molecule is CC[C@H](C)NC(=O)[C@H](C)N(Cc1ccc(OC)cc1)C(=O)CN(c1cc(Cl)ccc1Cl)S(C)(=O)=O. The first-order valence-corrected chi connectivity index (χ1v) is 13.6. The number of sulfonamides is 1. The molecule has 2 atom stereocenters. The molecule has 0 spiro atoms. The molecule has 2 aromatic rings. The second kappa shape index (κ2) is 12.5. The van der Waals surface area contributed by atoms with E-state index in [1.807, 2.05) is 13.8 Å². The van der Waals surface area contributed by atoms with Gasteiger partial charge in [0.2, 0.25) is 21.8 Å². The quantitative estimate of drug-likeness (QED) is 0.460. The third kappa shape index (κ3) is 8.02. The van der Waals surface area contributed by atoms with E-state index in [1.54, 1.807) is 38.3 Å². The molecule has 0 heterocycles. The summed E-state index contributed by atoms with van der Waals surface area (Å²) in [6.07, 6.45) is 1.70. The largest absolute Gasteiger partial charge is 0.497 e. The molecule has 0 fully saturated rings. The molecular formula is C24H31Cl2N3O5S. The van der Waals surface area contributed by atoms with Crippen LogP contribution in [0.4, 0.5) is 5.69 Å². The summed E-state index contributed by atoms with van der Waals surface area (Å²) in [4.78, 5) is 27.8. The maximum absolute atomic E-state index is 13.5. The van der Waals surface area contributed by atoms with Crippen molar-refractivity contribution in [2.45, 2.75) is 45.8 Å². The Morgan fingerprint density at radius 1 is 1.09 bits per heavy atom. The second-order valence-electron chi connectivity index (χ2n) is 8.23. The number of benzene rings is 2. The average molecular weight is 545 g/mol. The number of anilines is 1. The summed E-state index contributed by atoms with van der Waals surface area (Å²) < 4.78 is 31.3. The molecule has 192 valence electrons. The van der Waals surface area contributed by atoms with Gasteiger partial charge in [0.05, 0.1) is 24.1 Å². The van der Waals surface area contributed by atoms with Gasteiger partial charge in [-0.15, -0.1) is 0 Å². The molecule has 0 saturated carbocycles. The molecule has 0 aliphatic rings. The Balaban J connectivity index is 2.42. The molecule has 2 amide bonds. The third-order valence-corrected chi connectivity index (χ3v) is 7.22. The van der Waals surface area contributed by atoms with Crippen LogP contribution in [-0.4, -0.2) is 57.1 Å². The van der Waals surface area contributed by atoms with Gasteiger partial charge in [-0.05, 0) is 56.2 Å². The van der Waals surface area contributed by atoms with Crippen molar-refractivity contribution in [1.29, 1.82) is 0 Å². The Labute approximate surface area is 217 Å². The molecule has 2 rings (SSSR count). The van der Waals surface area contributed by atoms with Crippen molar-refractivity contribution in [3.8, 4) is 5.75 Å². The topological polar surface area (TPSA) is 96.0 Å². The monoisotopic (exact) mass is 543 g/mol. The minimum Gasteiger partial charge on any atom is -0.497 e. The highest BCUT2D eigenvalue weighted by Gasteiger charge is 2.31. The second-order valence-corrected chi connectivity index (χ2v) is 11.0. The van der Waals surface area contributed by atoms with E-state index in [-0.39, 0.29) is 34.2 Å². The molecule has 8 nitrogen and oxygen atoms in total. The van der Waals surface area contributed by atoms with Gasteiger partial charge >= 0.3 is 0 Å². The van der Waals surface area contributed by atoms with Gasteiger partial charge in [-0.2, -0.15) is 0 Å². The number of carbonyl (C=O) groups is 2. The summed E-state index contributed by atoms with van der Waals surface area (Å²) in [6.45, 7) is 4.94. The Bertz CT molecular complexity index is 1140. The fourth-order valence-corrected chi connectivity index (χ4v) is 4.54. The fraction of sp³-hybridized carbons (Fsp3) is 0.417. The van der Waals surface area contributed by atoms with E-state index in [1.165, 1.54) is 23.1 Å². The molecule has 0 saturated heterocycles. The maximum Gasteiger partial charge on any atom is 0.244 e. The van der Waals surface area contributed by atoms with Gasteiger partial charge < -0.3 is 15.0 Å². The Kier molecular flexibility index (Phi) is 10.2. The highest BCUT2D eigenvalue weighted by atomic mass is 35.5. The molecular weight excluding hydrogens is 513 g/mol. The van der Waals surface area contributed by atoms with Gasteiger partial charge in [-0.1, -0.05) is 42.3 Å². The van der Waals surface area contributed by atoms with Crippen LogP contribution in [0.2, 0.25) is 10.0 Å². The first-order valence-electron chi connectivity index (χ1n) is 11.0. The Morgan fingerprint density at radius 2 is 1.71 bits per heavy atom. The van der Waals surface area contributed by atoms with E-state index in [4.69, 9.17) is 27.9 Å². The third-order valence-electron chi connectivity index (χ3n) is 5.54. The zero-order valence-electron chi connectivity index (χ0n) is 20.4. The predicted molar refractivity (Wildman–Crippen MR) is 140 cm³/mol. The average Bonchev–Trinajstić information content (AvgIpc) is 2.81. The van der Waals surface area contributed by atoms with E-state index in [0.717, 1.165) is 22.5 Å². The van der Waals surface area contributed by atoms with Gasteiger partial charge in [0.1, 0.15) is 18.3 Å². The molecule has 0 aliphatic heterocycles. The van der Waals surface area contributed by atoms with Gasteiger partial charge in [0.15, 0.2) is 0 Å². The summed E-state index contributed by atoms with van der Waals surface area (Å²) in [7, 11) is -2.36. The molecule has 0 bridgehead atoms. The van der Waals surface area contributed by atoms with E-state index < -0.39 is 28.5 Å². The van der Waals surface area contributed by atoms with Gasteiger partial charge in [-0.3, -0.25) is 13.9 Å². The standard InChI is InChI=1S/C24H31Cl2N3O5S/c1-6-16(2)27-24(31)17(3)28(14-18-7-10-20(34-4)11-8-18)23(30)15-29(35(5,32)33)22-13-19(25)9-12-21(22)26/h7-13,16-17H,6,14-15H2,1-5H3,(H,27,31)/t16-,17-/m0/s1. The van der Waals surface area contributed by atoms with Crippen LogP contribution in [0.1, 0.15) is 32.8 Å². The lowest BCUT2D eigenvalue weighted by atomic mass is 10.1. The zero-order chi connectivity index (χ0) is 26.3. The van der Waals surface area contributed by atoms with Gasteiger partial charge in [-0.25, -0.2) is 8.42 Å². The maximum atomic E-state index is 13.5. The predicted octanol–water partition coefficient (Wildman–Crippen LogP) is 4.10. The van der Waals surface area contributed by atoms with E-state index in [2.05, 4.69) is 5.32 Å². The van der Waals surface area contributed by atoms with Crippen LogP contribution in [0.3, 0.4) is 0 Å². The number of rotatable bonds is 11. The van der Waals surface area contributed by atoms with Crippen molar-refractivity contribution >= 4 is 50.7 Å². The minimum absolute atomic E-state index is 0.0797. The molecule has 0 aromatic heterocycles. The molecule has 0 aliphatic carbocycles. The Morgan fingerprint density at radius 3 is 2.26 bits per heavy atom. The van der Waals surface area contributed by atoms with Crippen LogP contribution in [-0.2, 0) is 26.2 Å². The molecule has 0 radical (unpaired) electrons. The van der Waals surface area contributed by atoms with Crippen LogP contribution in [0.15, 0.2) is 42.5 Å². The smallest absolute Gasteiger partial charge is 0.244 e. The molecule has 1 N–H and O–H groups in total.